The number of aliphatic hydroxyl groups excluding tert-OH is 1. The second kappa shape index (κ2) is 10.9. The molecule has 0 saturated carbocycles. The molecule has 3 heterocycles. The number of carbonyl (C=O) groups is 2. The summed E-state index contributed by atoms with van der Waals surface area (Å²) in [6.07, 6.45) is 2.69. The maximum Gasteiger partial charge on any atom is 0.228 e. The van der Waals surface area contributed by atoms with Crippen LogP contribution in [-0.2, 0) is 33.7 Å². The highest BCUT2D eigenvalue weighted by Crippen LogP contribution is 2.46. The van der Waals surface area contributed by atoms with Gasteiger partial charge in [0.25, 0.3) is 0 Å². The first kappa shape index (κ1) is 27.1. The molecule has 0 radical (unpaired) electrons. The molecule has 0 bridgehead atoms. The van der Waals surface area contributed by atoms with Gasteiger partial charge in [-0.1, -0.05) is 43.3 Å². The highest BCUT2D eigenvalue weighted by molar-refractivity contribution is 6.71. The van der Waals surface area contributed by atoms with Crippen molar-refractivity contribution in [3.63, 3.8) is 0 Å². The molecular formula is C30H40N2O5Si. The standard InChI is InChI=1S/C30H40N2O5Si/c1-20-26(12-11-21-7-6-10-24(15-21)31-14-13-28(31)34)37-27(30(20)38(2,3)36)17-29(35)32-18-23-9-5-4-8-22(23)16-25(32)19-33/h4-10,15,20,25-27,30,33,36H,11-14,16-19H2,1-3H3/t20-,25-,26+,27-,30+/m0/s1. The highest BCUT2D eigenvalue weighted by atomic mass is 28.4. The number of rotatable bonds is 8. The van der Waals surface area contributed by atoms with Gasteiger partial charge in [0.2, 0.25) is 11.8 Å². The molecule has 3 aliphatic heterocycles. The lowest BCUT2D eigenvalue weighted by Crippen LogP contribution is -2.48. The predicted octanol–water partition coefficient (Wildman–Crippen LogP) is 3.66. The van der Waals surface area contributed by atoms with Crippen molar-refractivity contribution in [2.24, 2.45) is 5.92 Å². The minimum atomic E-state index is -2.62. The van der Waals surface area contributed by atoms with Crippen LogP contribution in [0.3, 0.4) is 0 Å². The third-order valence-electron chi connectivity index (χ3n) is 8.77. The first-order chi connectivity index (χ1) is 18.2. The maximum absolute atomic E-state index is 13.6. The van der Waals surface area contributed by atoms with Gasteiger partial charge in [-0.2, -0.15) is 0 Å². The number of aryl methyl sites for hydroxylation is 1. The number of amides is 2. The van der Waals surface area contributed by atoms with Gasteiger partial charge in [0, 0.05) is 30.7 Å². The minimum absolute atomic E-state index is 0.0217. The Morgan fingerprint density at radius 2 is 1.87 bits per heavy atom. The molecule has 3 aliphatic rings. The molecule has 2 aromatic carbocycles. The SMILES string of the molecule is C[C@@H]1[C@@H]([Si](C)(C)O)[C@H](CC(=O)N2Cc3ccccc3C[C@H]2CO)O[C@@H]1CCc1cccc(N2CCC2=O)c1. The van der Waals surface area contributed by atoms with Crippen LogP contribution in [0, 0.1) is 5.92 Å². The summed E-state index contributed by atoms with van der Waals surface area (Å²) in [4.78, 5) is 40.3. The van der Waals surface area contributed by atoms with E-state index in [4.69, 9.17) is 4.74 Å². The smallest absolute Gasteiger partial charge is 0.228 e. The molecule has 0 unspecified atom stereocenters. The van der Waals surface area contributed by atoms with E-state index in [0.717, 1.165) is 36.2 Å². The van der Waals surface area contributed by atoms with Crippen LogP contribution >= 0.6 is 0 Å². The third kappa shape index (κ3) is 5.45. The van der Waals surface area contributed by atoms with Crippen LogP contribution < -0.4 is 4.90 Å². The summed E-state index contributed by atoms with van der Waals surface area (Å²) < 4.78 is 6.56. The molecule has 2 amide bonds. The predicted molar refractivity (Wildman–Crippen MR) is 149 cm³/mol. The Balaban J connectivity index is 1.27. The summed E-state index contributed by atoms with van der Waals surface area (Å²) in [7, 11) is -2.62. The topological polar surface area (TPSA) is 90.3 Å². The first-order valence-corrected chi connectivity index (χ1v) is 16.9. The number of aliphatic hydroxyl groups is 1. The molecule has 8 heteroatoms. The molecule has 5 atom stereocenters. The Morgan fingerprint density at radius 3 is 2.53 bits per heavy atom. The molecule has 0 aliphatic carbocycles. The van der Waals surface area contributed by atoms with Gasteiger partial charge in [-0.15, -0.1) is 0 Å². The van der Waals surface area contributed by atoms with Crippen molar-refractivity contribution in [2.75, 3.05) is 18.1 Å². The van der Waals surface area contributed by atoms with Gasteiger partial charge >= 0.3 is 0 Å². The van der Waals surface area contributed by atoms with Gasteiger partial charge in [0.1, 0.15) is 0 Å². The van der Waals surface area contributed by atoms with Crippen molar-refractivity contribution in [3.8, 4) is 0 Å². The summed E-state index contributed by atoms with van der Waals surface area (Å²) in [5.41, 5.74) is 4.37. The van der Waals surface area contributed by atoms with Gasteiger partial charge in [-0.25, -0.2) is 0 Å². The van der Waals surface area contributed by atoms with E-state index in [2.05, 4.69) is 25.1 Å². The molecule has 38 heavy (non-hydrogen) atoms. The molecule has 2 aromatic rings. The summed E-state index contributed by atoms with van der Waals surface area (Å²) in [6.45, 7) is 7.23. The van der Waals surface area contributed by atoms with Crippen molar-refractivity contribution in [2.45, 2.75) is 82.5 Å². The zero-order valence-electron chi connectivity index (χ0n) is 22.7. The Morgan fingerprint density at radius 1 is 1.11 bits per heavy atom. The van der Waals surface area contributed by atoms with Crippen LogP contribution in [0.4, 0.5) is 5.69 Å². The van der Waals surface area contributed by atoms with E-state index < -0.39 is 8.32 Å². The lowest BCUT2D eigenvalue weighted by Gasteiger charge is -2.37. The maximum atomic E-state index is 13.6. The molecule has 7 nitrogen and oxygen atoms in total. The van der Waals surface area contributed by atoms with Crippen LogP contribution in [0.2, 0.25) is 18.6 Å². The number of hydrogen-bond donors (Lipinski definition) is 2. The largest absolute Gasteiger partial charge is 0.432 e. The highest BCUT2D eigenvalue weighted by Gasteiger charge is 2.50. The summed E-state index contributed by atoms with van der Waals surface area (Å²) in [5, 5.41) is 10.0. The van der Waals surface area contributed by atoms with Crippen molar-refractivity contribution < 1.29 is 24.2 Å². The average molecular weight is 537 g/mol. The number of nitrogens with zero attached hydrogens (tertiary/aromatic N) is 2. The van der Waals surface area contributed by atoms with Crippen LogP contribution in [-0.4, -0.2) is 66.3 Å². The molecular weight excluding hydrogens is 496 g/mol. The Bertz CT molecular complexity index is 1180. The fourth-order valence-electron chi connectivity index (χ4n) is 6.72. The number of β-lactam (4-membered cyclic amide) rings is 1. The zero-order chi connectivity index (χ0) is 27.0. The first-order valence-electron chi connectivity index (χ1n) is 13.9. The number of benzene rings is 2. The van der Waals surface area contributed by atoms with Crippen molar-refractivity contribution in [1.82, 2.24) is 4.90 Å². The summed E-state index contributed by atoms with van der Waals surface area (Å²) >= 11 is 0. The van der Waals surface area contributed by atoms with Crippen molar-refractivity contribution >= 4 is 25.8 Å². The minimum Gasteiger partial charge on any atom is -0.432 e. The lowest BCUT2D eigenvalue weighted by atomic mass is 9.93. The van der Waals surface area contributed by atoms with E-state index in [9.17, 15) is 19.5 Å². The third-order valence-corrected chi connectivity index (χ3v) is 11.3. The molecule has 2 saturated heterocycles. The van der Waals surface area contributed by atoms with Crippen molar-refractivity contribution in [3.05, 3.63) is 65.2 Å². The van der Waals surface area contributed by atoms with Crippen LogP contribution in [0.25, 0.3) is 0 Å². The van der Waals surface area contributed by atoms with Gasteiger partial charge in [0.05, 0.1) is 31.3 Å². The molecule has 204 valence electrons. The quantitative estimate of drug-likeness (QED) is 0.397. The van der Waals surface area contributed by atoms with Crippen LogP contribution in [0.1, 0.15) is 42.9 Å². The van der Waals surface area contributed by atoms with Gasteiger partial charge in [0.15, 0.2) is 8.32 Å². The zero-order valence-corrected chi connectivity index (χ0v) is 23.7. The molecule has 2 fully saturated rings. The molecule has 2 N–H and O–H groups in total. The van der Waals surface area contributed by atoms with Crippen LogP contribution in [0.15, 0.2) is 48.5 Å². The fraction of sp³-hybridized carbons (Fsp3) is 0.533. The monoisotopic (exact) mass is 536 g/mol. The fourth-order valence-corrected chi connectivity index (χ4v) is 9.32. The lowest BCUT2D eigenvalue weighted by molar-refractivity contribution is -0.138. The van der Waals surface area contributed by atoms with Gasteiger partial charge < -0.3 is 24.4 Å². The Hall–Kier alpha value is -2.52. The van der Waals surface area contributed by atoms with Gasteiger partial charge in [-0.05, 0) is 67.1 Å². The number of hydrogen-bond acceptors (Lipinski definition) is 5. The Kier molecular flexibility index (Phi) is 7.78. The number of anilines is 1. The molecule has 0 aromatic heterocycles. The number of fused-ring (bicyclic) bond motifs is 1. The average Bonchev–Trinajstić information content (AvgIpc) is 3.20. The Labute approximate surface area is 226 Å². The second-order valence-electron chi connectivity index (χ2n) is 11.8. The van der Waals surface area contributed by atoms with E-state index in [1.807, 2.05) is 48.3 Å². The number of carbonyl (C=O) groups excluding carboxylic acids is 2. The van der Waals surface area contributed by atoms with E-state index in [0.29, 0.717) is 19.4 Å². The molecule has 0 spiro atoms. The number of ether oxygens (including phenoxy) is 1. The second-order valence-corrected chi connectivity index (χ2v) is 15.8. The van der Waals surface area contributed by atoms with E-state index in [1.54, 1.807) is 4.90 Å². The summed E-state index contributed by atoms with van der Waals surface area (Å²) in [5.74, 6) is 0.280. The molecule has 5 rings (SSSR count). The van der Waals surface area contributed by atoms with Gasteiger partial charge in [-0.3, -0.25) is 9.59 Å². The normalized spacial score (nSPS) is 27.3. The van der Waals surface area contributed by atoms with E-state index in [-0.39, 0.29) is 54.6 Å². The van der Waals surface area contributed by atoms with Crippen molar-refractivity contribution in [1.29, 1.82) is 0 Å². The van der Waals surface area contributed by atoms with E-state index in [1.165, 1.54) is 5.56 Å². The van der Waals surface area contributed by atoms with E-state index >= 15 is 0 Å². The van der Waals surface area contributed by atoms with Crippen LogP contribution in [0.5, 0.6) is 0 Å². The summed E-state index contributed by atoms with van der Waals surface area (Å²) in [6, 6.07) is 16.0.